The van der Waals surface area contributed by atoms with Crippen molar-refractivity contribution in [2.45, 2.75) is 44.4 Å². The highest BCUT2D eigenvalue weighted by Crippen LogP contribution is 2.19. The summed E-state index contributed by atoms with van der Waals surface area (Å²) in [7, 11) is 0. The molecule has 7 N–H and O–H groups in total. The second-order valence-electron chi connectivity index (χ2n) is 9.46. The molecule has 2 atom stereocenters. The fourth-order valence-corrected chi connectivity index (χ4v) is 4.31. The van der Waals surface area contributed by atoms with E-state index in [1.54, 1.807) is 12.1 Å². The van der Waals surface area contributed by atoms with Crippen LogP contribution in [0.2, 0.25) is 0 Å². The number of anilines is 1. The molecule has 0 aliphatic carbocycles. The number of carbonyl (C=O) groups is 4. The van der Waals surface area contributed by atoms with E-state index >= 15 is 0 Å². The molecular weight excluding hydrogens is 548 g/mol. The number of carbonyl (C=O) groups excluding carboxylic acids is 4. The van der Waals surface area contributed by atoms with Gasteiger partial charge in [-0.15, -0.1) is 0 Å². The van der Waals surface area contributed by atoms with Gasteiger partial charge in [-0.3, -0.25) is 34.8 Å². The number of amides is 4. The Morgan fingerprint density at radius 1 is 1.10 bits per heavy atom. The van der Waals surface area contributed by atoms with Gasteiger partial charge in [0.15, 0.2) is 5.96 Å². The molecule has 0 aromatic heterocycles. The number of nitrogens with zero attached hydrogens (tertiary/aromatic N) is 3. The van der Waals surface area contributed by atoms with Crippen LogP contribution in [0.3, 0.4) is 0 Å². The van der Waals surface area contributed by atoms with Crippen LogP contribution in [0.4, 0.5) is 16.2 Å². The lowest BCUT2D eigenvalue weighted by Gasteiger charge is -2.25. The molecule has 0 spiro atoms. The summed E-state index contributed by atoms with van der Waals surface area (Å²) in [6.07, 6.45) is 0.733. The average molecular weight is 583 g/mol. The van der Waals surface area contributed by atoms with Crippen molar-refractivity contribution < 1.29 is 28.8 Å². The Labute approximate surface area is 241 Å². The Morgan fingerprint density at radius 2 is 1.81 bits per heavy atom. The number of hydrogen-bond donors (Lipinski definition) is 5. The summed E-state index contributed by atoms with van der Waals surface area (Å²) >= 11 is 0. The smallest absolute Gasteiger partial charge is 0.407 e. The number of non-ortho nitro benzene ring substituents is 1. The molecule has 15 nitrogen and oxygen atoms in total. The second kappa shape index (κ2) is 15.5. The number of likely N-dealkylation sites (tertiary alicyclic amines) is 1. The van der Waals surface area contributed by atoms with Crippen LogP contribution in [0.25, 0.3) is 0 Å². The Kier molecular flexibility index (Phi) is 11.6. The first-order chi connectivity index (χ1) is 20.1. The van der Waals surface area contributed by atoms with E-state index in [1.165, 1.54) is 29.2 Å². The van der Waals surface area contributed by atoms with Crippen LogP contribution < -0.4 is 27.4 Å². The predicted molar refractivity (Wildman–Crippen MR) is 153 cm³/mol. The molecule has 0 saturated carbocycles. The lowest BCUT2D eigenvalue weighted by molar-refractivity contribution is -0.384. The van der Waals surface area contributed by atoms with Gasteiger partial charge in [0.1, 0.15) is 25.2 Å². The summed E-state index contributed by atoms with van der Waals surface area (Å²) in [4.78, 5) is 66.6. The van der Waals surface area contributed by atoms with E-state index in [1.807, 2.05) is 18.2 Å². The predicted octanol–water partition coefficient (Wildman–Crippen LogP) is 0.989. The Morgan fingerprint density at radius 3 is 2.48 bits per heavy atom. The van der Waals surface area contributed by atoms with Gasteiger partial charge >= 0.3 is 6.09 Å². The monoisotopic (exact) mass is 582 g/mol. The van der Waals surface area contributed by atoms with E-state index in [-0.39, 0.29) is 44.3 Å². The third-order valence-electron chi connectivity index (χ3n) is 6.40. The number of benzene rings is 2. The van der Waals surface area contributed by atoms with Crippen molar-refractivity contribution in [1.82, 2.24) is 15.5 Å². The highest BCUT2D eigenvalue weighted by atomic mass is 16.6. The van der Waals surface area contributed by atoms with Crippen molar-refractivity contribution in [3.05, 3.63) is 70.3 Å². The minimum absolute atomic E-state index is 0.0404. The van der Waals surface area contributed by atoms with Crippen LogP contribution >= 0.6 is 0 Å². The van der Waals surface area contributed by atoms with E-state index in [2.05, 4.69) is 20.9 Å². The molecular formula is C27H34N8O7. The van der Waals surface area contributed by atoms with Gasteiger partial charge in [0, 0.05) is 30.9 Å². The summed E-state index contributed by atoms with van der Waals surface area (Å²) in [5.74, 6) is -1.89. The number of nitrogens with one attached hydrogen (secondary N) is 3. The minimum Gasteiger partial charge on any atom is -0.445 e. The molecule has 1 aliphatic rings. The quantitative estimate of drug-likeness (QED) is 0.0740. The molecule has 15 heteroatoms. The SMILES string of the molecule is NC(N)=NCCC[C@H](Nc1ccc([N+](=O)[O-])cc1)C(=O)NC(=O)[C@@H]1CCCN1C(=O)CNC(=O)OCc1ccccc1. The van der Waals surface area contributed by atoms with Crippen LogP contribution in [0.15, 0.2) is 59.6 Å². The first-order valence-electron chi connectivity index (χ1n) is 13.3. The van der Waals surface area contributed by atoms with Crippen molar-refractivity contribution in [2.75, 3.05) is 25.0 Å². The number of guanidine groups is 1. The number of hydrogen-bond acceptors (Lipinski definition) is 9. The summed E-state index contributed by atoms with van der Waals surface area (Å²) in [5, 5.41) is 18.7. The van der Waals surface area contributed by atoms with E-state index < -0.39 is 40.8 Å². The number of ether oxygens (including phenoxy) is 1. The summed E-state index contributed by atoms with van der Waals surface area (Å²) in [6.45, 7) is 0.196. The number of nitro benzene ring substituents is 1. The van der Waals surface area contributed by atoms with Gasteiger partial charge in [0.2, 0.25) is 17.7 Å². The van der Waals surface area contributed by atoms with Gasteiger partial charge in [-0.1, -0.05) is 30.3 Å². The molecule has 0 radical (unpaired) electrons. The topological polar surface area (TPSA) is 224 Å². The summed E-state index contributed by atoms with van der Waals surface area (Å²) in [5.41, 5.74) is 11.8. The largest absolute Gasteiger partial charge is 0.445 e. The molecule has 1 aliphatic heterocycles. The third kappa shape index (κ3) is 9.76. The Bertz CT molecular complexity index is 1280. The Balaban J connectivity index is 1.56. The van der Waals surface area contributed by atoms with Crippen molar-refractivity contribution in [2.24, 2.45) is 16.5 Å². The van der Waals surface area contributed by atoms with Crippen molar-refractivity contribution >= 4 is 41.1 Å². The molecule has 1 fully saturated rings. The van der Waals surface area contributed by atoms with Gasteiger partial charge in [-0.2, -0.15) is 0 Å². The standard InChI is InChI=1S/C27H34N8O7/c28-26(29)30-14-4-8-21(32-19-10-12-20(13-11-19)35(40)41)24(37)33-25(38)22-9-5-15-34(22)23(36)16-31-27(39)42-17-18-6-2-1-3-7-18/h1-3,6-7,10-13,21-22,32H,4-5,8-9,14-17H2,(H,31,39)(H4,28,29,30)(H,33,37,38)/t21-,22-/m0/s1. The zero-order valence-corrected chi connectivity index (χ0v) is 22.9. The van der Waals surface area contributed by atoms with Crippen LogP contribution in [0.5, 0.6) is 0 Å². The number of alkyl carbamates (subject to hydrolysis) is 1. The lowest BCUT2D eigenvalue weighted by Crippen LogP contribution is -2.52. The van der Waals surface area contributed by atoms with Crippen LogP contribution in [-0.2, 0) is 25.7 Å². The zero-order valence-electron chi connectivity index (χ0n) is 22.9. The Hall–Kier alpha value is -5.21. The number of nitro groups is 1. The maximum atomic E-state index is 13.1. The molecule has 2 aromatic rings. The number of imide groups is 1. The molecule has 224 valence electrons. The van der Waals surface area contributed by atoms with Crippen molar-refractivity contribution in [3.63, 3.8) is 0 Å². The third-order valence-corrected chi connectivity index (χ3v) is 6.40. The summed E-state index contributed by atoms with van der Waals surface area (Å²) in [6, 6.07) is 12.7. The highest BCUT2D eigenvalue weighted by Gasteiger charge is 2.35. The molecule has 3 rings (SSSR count). The van der Waals surface area contributed by atoms with Crippen LogP contribution in [-0.4, -0.2) is 71.3 Å². The summed E-state index contributed by atoms with van der Waals surface area (Å²) < 4.78 is 5.11. The molecule has 0 bridgehead atoms. The maximum Gasteiger partial charge on any atom is 0.407 e. The van der Waals surface area contributed by atoms with Crippen molar-refractivity contribution in [3.8, 4) is 0 Å². The molecule has 4 amide bonds. The molecule has 1 saturated heterocycles. The van der Waals surface area contributed by atoms with Gasteiger partial charge in [-0.05, 0) is 43.4 Å². The van der Waals surface area contributed by atoms with Crippen LogP contribution in [0, 0.1) is 10.1 Å². The highest BCUT2D eigenvalue weighted by molar-refractivity contribution is 6.02. The first-order valence-corrected chi connectivity index (χ1v) is 13.3. The zero-order chi connectivity index (χ0) is 30.5. The van der Waals surface area contributed by atoms with Gasteiger partial charge in [-0.25, -0.2) is 4.79 Å². The minimum atomic E-state index is -0.906. The van der Waals surface area contributed by atoms with E-state index in [0.29, 0.717) is 24.9 Å². The lowest BCUT2D eigenvalue weighted by atomic mass is 10.1. The normalized spacial score (nSPS) is 14.8. The number of nitrogens with two attached hydrogens (primary N) is 2. The van der Waals surface area contributed by atoms with E-state index in [4.69, 9.17) is 16.2 Å². The number of rotatable bonds is 13. The fourth-order valence-electron chi connectivity index (χ4n) is 4.31. The fraction of sp³-hybridized carbons (Fsp3) is 0.370. The van der Waals surface area contributed by atoms with Crippen LogP contribution in [0.1, 0.15) is 31.2 Å². The second-order valence-corrected chi connectivity index (χ2v) is 9.46. The number of aliphatic imine (C=N–C) groups is 1. The average Bonchev–Trinajstić information content (AvgIpc) is 3.47. The molecule has 0 unspecified atom stereocenters. The van der Waals surface area contributed by atoms with E-state index in [0.717, 1.165) is 5.56 Å². The molecule has 1 heterocycles. The van der Waals surface area contributed by atoms with Gasteiger partial charge in [0.05, 0.1) is 4.92 Å². The van der Waals surface area contributed by atoms with E-state index in [9.17, 15) is 29.3 Å². The van der Waals surface area contributed by atoms with Crippen molar-refractivity contribution in [1.29, 1.82) is 0 Å². The first kappa shape index (κ1) is 31.3. The maximum absolute atomic E-state index is 13.1. The van der Waals surface area contributed by atoms with Gasteiger partial charge < -0.3 is 31.7 Å². The molecule has 42 heavy (non-hydrogen) atoms. The molecule has 2 aromatic carbocycles. The van der Waals surface area contributed by atoms with Gasteiger partial charge in [0.25, 0.3) is 5.69 Å².